The lowest BCUT2D eigenvalue weighted by Crippen LogP contribution is -2.30. The quantitative estimate of drug-likeness (QED) is 0.0262. The summed E-state index contributed by atoms with van der Waals surface area (Å²) < 4.78 is 16.8. The van der Waals surface area contributed by atoms with Gasteiger partial charge in [0, 0.05) is 19.3 Å². The molecule has 0 N–H and O–H groups in total. The number of unbranched alkanes of at least 4 members (excludes halogenated alkanes) is 22. The summed E-state index contributed by atoms with van der Waals surface area (Å²) in [4.78, 5) is 38.2. The van der Waals surface area contributed by atoms with E-state index in [1.54, 1.807) is 0 Å². The molecule has 6 heteroatoms. The van der Waals surface area contributed by atoms with Crippen molar-refractivity contribution in [3.8, 4) is 0 Å². The Bertz CT molecular complexity index is 1440. The third-order valence-electron chi connectivity index (χ3n) is 12.0. The van der Waals surface area contributed by atoms with Crippen molar-refractivity contribution in [3.63, 3.8) is 0 Å². The summed E-state index contributed by atoms with van der Waals surface area (Å²) in [7, 11) is 0. The summed E-state index contributed by atoms with van der Waals surface area (Å²) >= 11 is 0. The zero-order chi connectivity index (χ0) is 50.7. The Morgan fingerprint density at radius 2 is 0.557 bits per heavy atom. The van der Waals surface area contributed by atoms with E-state index in [4.69, 9.17) is 14.2 Å². The van der Waals surface area contributed by atoms with Crippen LogP contribution in [0.3, 0.4) is 0 Å². The molecule has 398 valence electrons. The molecule has 0 aliphatic carbocycles. The van der Waals surface area contributed by atoms with Gasteiger partial charge in [0.1, 0.15) is 13.2 Å². The van der Waals surface area contributed by atoms with Gasteiger partial charge in [-0.05, 0) is 122 Å². The summed E-state index contributed by atoms with van der Waals surface area (Å²) in [6, 6.07) is 0. The second-order valence-corrected chi connectivity index (χ2v) is 18.8. The molecule has 0 aliphatic rings. The van der Waals surface area contributed by atoms with Gasteiger partial charge in [0.15, 0.2) is 6.10 Å². The van der Waals surface area contributed by atoms with Crippen LogP contribution in [0.4, 0.5) is 0 Å². The molecule has 0 aromatic carbocycles. The van der Waals surface area contributed by atoms with Crippen molar-refractivity contribution in [2.24, 2.45) is 0 Å². The Morgan fingerprint density at radius 3 is 0.886 bits per heavy atom. The van der Waals surface area contributed by atoms with Gasteiger partial charge in [-0.2, -0.15) is 0 Å². The van der Waals surface area contributed by atoms with Crippen molar-refractivity contribution in [1.82, 2.24) is 0 Å². The van der Waals surface area contributed by atoms with Crippen molar-refractivity contribution < 1.29 is 28.6 Å². The molecule has 0 aromatic heterocycles. The largest absolute Gasteiger partial charge is 0.462 e. The van der Waals surface area contributed by atoms with Crippen LogP contribution in [0.25, 0.3) is 0 Å². The van der Waals surface area contributed by atoms with Crippen LogP contribution < -0.4 is 0 Å². The van der Waals surface area contributed by atoms with Gasteiger partial charge in [-0.25, -0.2) is 0 Å². The minimum absolute atomic E-state index is 0.0940. The predicted octanol–water partition coefficient (Wildman–Crippen LogP) is 19.5. The maximum atomic E-state index is 12.9. The summed E-state index contributed by atoms with van der Waals surface area (Å²) in [5, 5.41) is 0. The lowest BCUT2D eigenvalue weighted by Gasteiger charge is -2.18. The minimum atomic E-state index is -0.797. The van der Waals surface area contributed by atoms with E-state index in [9.17, 15) is 14.4 Å². The predicted molar refractivity (Wildman–Crippen MR) is 302 cm³/mol. The Balaban J connectivity index is 4.45. The summed E-state index contributed by atoms with van der Waals surface area (Å²) in [6.45, 7) is 6.38. The molecule has 1 atom stereocenters. The van der Waals surface area contributed by atoms with E-state index in [-0.39, 0.29) is 31.1 Å². The molecule has 0 rings (SSSR count). The maximum absolute atomic E-state index is 12.9. The Morgan fingerprint density at radius 1 is 0.300 bits per heavy atom. The number of carbonyl (C=O) groups excluding carboxylic acids is 3. The van der Waals surface area contributed by atoms with E-state index >= 15 is 0 Å². The Labute approximate surface area is 431 Å². The van der Waals surface area contributed by atoms with Crippen molar-refractivity contribution in [2.75, 3.05) is 13.2 Å². The Kier molecular flexibility index (Phi) is 54.4. The zero-order valence-corrected chi connectivity index (χ0v) is 45.5. The van der Waals surface area contributed by atoms with Crippen LogP contribution in [0, 0.1) is 0 Å². The van der Waals surface area contributed by atoms with E-state index in [0.29, 0.717) is 19.3 Å². The first-order chi connectivity index (χ1) is 34.5. The third kappa shape index (κ3) is 55.0. The number of carbonyl (C=O) groups is 3. The molecule has 1 unspecified atom stereocenters. The normalized spacial score (nSPS) is 12.9. The second kappa shape index (κ2) is 57.6. The maximum Gasteiger partial charge on any atom is 0.306 e. The van der Waals surface area contributed by atoms with E-state index in [1.807, 2.05) is 0 Å². The van der Waals surface area contributed by atoms with Gasteiger partial charge in [0.2, 0.25) is 0 Å². The van der Waals surface area contributed by atoms with Crippen LogP contribution in [0.5, 0.6) is 0 Å². The topological polar surface area (TPSA) is 78.9 Å². The number of hydrogen-bond acceptors (Lipinski definition) is 6. The van der Waals surface area contributed by atoms with Gasteiger partial charge in [0.05, 0.1) is 0 Å². The molecule has 0 bridgehead atoms. The van der Waals surface area contributed by atoms with Crippen LogP contribution >= 0.6 is 0 Å². The molecule has 0 fully saturated rings. The first-order valence-electron chi connectivity index (χ1n) is 28.9. The van der Waals surface area contributed by atoms with Crippen molar-refractivity contribution in [2.45, 2.75) is 264 Å². The second-order valence-electron chi connectivity index (χ2n) is 18.8. The van der Waals surface area contributed by atoms with E-state index in [1.165, 1.54) is 77.0 Å². The molecular weight excluding hydrogens is 865 g/mol. The molecule has 70 heavy (non-hydrogen) atoms. The molecule has 0 aromatic rings. The average molecular weight is 972 g/mol. The monoisotopic (exact) mass is 971 g/mol. The van der Waals surface area contributed by atoms with Gasteiger partial charge in [-0.3, -0.25) is 14.4 Å². The lowest BCUT2D eigenvalue weighted by atomic mass is 10.1. The number of hydrogen-bond donors (Lipinski definition) is 0. The highest BCUT2D eigenvalue weighted by molar-refractivity contribution is 5.71. The minimum Gasteiger partial charge on any atom is -0.462 e. The highest BCUT2D eigenvalue weighted by atomic mass is 16.6. The van der Waals surface area contributed by atoms with Crippen LogP contribution in [0.15, 0.2) is 109 Å². The molecule has 0 saturated heterocycles. The molecule has 0 spiro atoms. The van der Waals surface area contributed by atoms with Crippen LogP contribution in [0.2, 0.25) is 0 Å². The highest BCUT2D eigenvalue weighted by Gasteiger charge is 2.19. The molecule has 0 saturated carbocycles. The number of rotatable bonds is 51. The smallest absolute Gasteiger partial charge is 0.306 e. The average Bonchev–Trinajstić information content (AvgIpc) is 3.36. The van der Waals surface area contributed by atoms with Crippen LogP contribution in [-0.4, -0.2) is 37.2 Å². The summed E-state index contributed by atoms with van der Waals surface area (Å²) in [5.74, 6) is -0.930. The zero-order valence-electron chi connectivity index (χ0n) is 45.5. The molecule has 6 nitrogen and oxygen atoms in total. The van der Waals surface area contributed by atoms with E-state index in [2.05, 4.69) is 130 Å². The van der Waals surface area contributed by atoms with E-state index in [0.717, 1.165) is 141 Å². The molecule has 0 amide bonds. The SMILES string of the molecule is CC/C=C\C/C=C\C/C=C\C/C=C\C/C=C\CCCCCCCC(=O)OCC(COC(=O)CCCCCCC/C=C\CCCCCCC)OC(=O)CCCCCCCCC/C=C\C/C=C\C/C=C\CC. The van der Waals surface area contributed by atoms with Gasteiger partial charge in [0.25, 0.3) is 0 Å². The fourth-order valence-electron chi connectivity index (χ4n) is 7.71. The van der Waals surface area contributed by atoms with Crippen molar-refractivity contribution in [1.29, 1.82) is 0 Å². The standard InChI is InChI=1S/C64H106O6/c1-4-7-10-13-16-19-22-25-28-30-31-32-33-35-36-39-42-45-48-51-54-57-63(66)69-60-61(59-68-62(65)56-53-50-47-44-41-38-27-24-21-18-15-12-9-6-3)70-64(67)58-55-52-49-46-43-40-37-34-29-26-23-20-17-14-11-8-5-2/h7-8,10-11,16-17,19-20,24-29,31-32,35-36,61H,4-6,9,12-15,18,21-23,30,33-34,37-60H2,1-3H3/b10-7-,11-8-,19-16-,20-17-,27-24-,28-25-,29-26-,32-31-,36-35-. The van der Waals surface area contributed by atoms with Gasteiger partial charge in [-0.1, -0.05) is 226 Å². The molecule has 0 radical (unpaired) electrons. The first kappa shape index (κ1) is 66.1. The fourth-order valence-corrected chi connectivity index (χ4v) is 7.71. The molecular formula is C64H106O6. The fraction of sp³-hybridized carbons (Fsp3) is 0.672. The Hall–Kier alpha value is -3.93. The third-order valence-corrected chi connectivity index (χ3v) is 12.0. The van der Waals surface area contributed by atoms with Gasteiger partial charge in [-0.15, -0.1) is 0 Å². The van der Waals surface area contributed by atoms with Crippen LogP contribution in [0.1, 0.15) is 258 Å². The summed E-state index contributed by atoms with van der Waals surface area (Å²) in [6.07, 6.45) is 77.9. The van der Waals surface area contributed by atoms with E-state index < -0.39 is 6.10 Å². The number of ether oxygens (including phenoxy) is 3. The number of allylic oxidation sites excluding steroid dienone is 18. The molecule has 0 aliphatic heterocycles. The summed E-state index contributed by atoms with van der Waals surface area (Å²) in [5.41, 5.74) is 0. The number of esters is 3. The van der Waals surface area contributed by atoms with Crippen molar-refractivity contribution in [3.05, 3.63) is 109 Å². The van der Waals surface area contributed by atoms with Crippen molar-refractivity contribution >= 4 is 17.9 Å². The molecule has 0 heterocycles. The highest BCUT2D eigenvalue weighted by Crippen LogP contribution is 2.14. The van der Waals surface area contributed by atoms with Gasteiger partial charge >= 0.3 is 17.9 Å². The lowest BCUT2D eigenvalue weighted by molar-refractivity contribution is -0.167. The van der Waals surface area contributed by atoms with Gasteiger partial charge < -0.3 is 14.2 Å². The van der Waals surface area contributed by atoms with Crippen LogP contribution in [-0.2, 0) is 28.6 Å². The first-order valence-corrected chi connectivity index (χ1v) is 28.9.